The van der Waals surface area contributed by atoms with Crippen LogP contribution in [0.4, 0.5) is 4.39 Å². The van der Waals surface area contributed by atoms with Gasteiger partial charge in [0.15, 0.2) is 5.72 Å². The number of hydrogen-bond donors (Lipinski definition) is 1. The van der Waals surface area contributed by atoms with E-state index in [2.05, 4.69) is 9.97 Å². The van der Waals surface area contributed by atoms with Gasteiger partial charge in [0.1, 0.15) is 17.3 Å². The van der Waals surface area contributed by atoms with Crippen LogP contribution in [0.15, 0.2) is 24.3 Å². The molecule has 3 saturated heterocycles. The minimum Gasteiger partial charge on any atom is -0.353 e. The molecule has 2 amide bonds. The van der Waals surface area contributed by atoms with Crippen LogP contribution >= 0.6 is 0 Å². The van der Waals surface area contributed by atoms with E-state index in [0.29, 0.717) is 55.3 Å². The van der Waals surface area contributed by atoms with Crippen molar-refractivity contribution < 1.29 is 18.7 Å². The van der Waals surface area contributed by atoms with Crippen LogP contribution in [0.3, 0.4) is 0 Å². The first-order valence-corrected chi connectivity index (χ1v) is 9.57. The molecule has 4 heterocycles. The number of carbonyl (C=O) groups is 2. The van der Waals surface area contributed by atoms with Crippen LogP contribution in [-0.4, -0.2) is 63.0 Å². The van der Waals surface area contributed by atoms with Crippen LogP contribution in [0.1, 0.15) is 35.4 Å². The normalized spacial score (nSPS) is 26.5. The van der Waals surface area contributed by atoms with Crippen molar-refractivity contribution in [3.05, 3.63) is 41.5 Å². The minimum atomic E-state index is -0.672. The van der Waals surface area contributed by atoms with Gasteiger partial charge in [-0.05, 0) is 37.6 Å². The molecule has 2 atom stereocenters. The predicted octanol–water partition coefficient (Wildman–Crippen LogP) is 2.09. The van der Waals surface area contributed by atoms with Crippen LogP contribution in [-0.2, 0) is 9.53 Å². The van der Waals surface area contributed by atoms with Crippen molar-refractivity contribution in [1.82, 2.24) is 19.8 Å². The number of aromatic amines is 1. The molecule has 28 heavy (non-hydrogen) atoms. The fourth-order valence-electron chi connectivity index (χ4n) is 4.74. The number of H-pyrrole nitrogens is 1. The number of amides is 2. The predicted molar refractivity (Wildman–Crippen MR) is 97.8 cm³/mol. The second-order valence-electron chi connectivity index (χ2n) is 7.63. The Morgan fingerprint density at radius 1 is 1.32 bits per heavy atom. The van der Waals surface area contributed by atoms with Crippen LogP contribution in [0.2, 0.25) is 0 Å². The number of halogens is 1. The Hall–Kier alpha value is -2.74. The molecule has 3 aliphatic heterocycles. The summed E-state index contributed by atoms with van der Waals surface area (Å²) < 4.78 is 19.2. The molecule has 0 bridgehead atoms. The van der Waals surface area contributed by atoms with Crippen LogP contribution in [0.5, 0.6) is 0 Å². The zero-order valence-corrected chi connectivity index (χ0v) is 15.6. The summed E-state index contributed by atoms with van der Waals surface area (Å²) in [5.74, 6) is 0.0437. The van der Waals surface area contributed by atoms with Gasteiger partial charge >= 0.3 is 0 Å². The van der Waals surface area contributed by atoms with E-state index in [1.807, 2.05) is 4.90 Å². The number of aryl methyl sites for hydroxylation is 1. The highest BCUT2D eigenvalue weighted by Crippen LogP contribution is 2.45. The molecule has 5 rings (SSSR count). The molecule has 0 unspecified atom stereocenters. The number of benzene rings is 1. The highest BCUT2D eigenvalue weighted by atomic mass is 19.1. The summed E-state index contributed by atoms with van der Waals surface area (Å²) in [5, 5.41) is 0. The molecule has 8 heteroatoms. The first-order chi connectivity index (χ1) is 13.5. The Morgan fingerprint density at radius 3 is 2.89 bits per heavy atom. The molecule has 1 aromatic carbocycles. The third kappa shape index (κ3) is 2.40. The van der Waals surface area contributed by atoms with E-state index in [0.717, 1.165) is 6.42 Å². The fourth-order valence-corrected chi connectivity index (χ4v) is 4.74. The Bertz CT molecular complexity index is 957. The Labute approximate surface area is 161 Å². The van der Waals surface area contributed by atoms with Crippen molar-refractivity contribution in [3.63, 3.8) is 0 Å². The van der Waals surface area contributed by atoms with Crippen LogP contribution in [0.25, 0.3) is 11.4 Å². The second kappa shape index (κ2) is 6.13. The van der Waals surface area contributed by atoms with E-state index in [9.17, 15) is 14.0 Å². The Kier molecular flexibility index (Phi) is 3.80. The third-order valence-corrected chi connectivity index (χ3v) is 6.08. The summed E-state index contributed by atoms with van der Waals surface area (Å²) >= 11 is 0. The molecule has 0 aliphatic carbocycles. The largest absolute Gasteiger partial charge is 0.353 e. The molecule has 0 saturated carbocycles. The number of nitrogens with zero attached hydrogens (tertiary/aromatic N) is 3. The van der Waals surface area contributed by atoms with E-state index in [4.69, 9.17) is 4.74 Å². The maximum Gasteiger partial charge on any atom is 0.274 e. The van der Waals surface area contributed by atoms with Gasteiger partial charge in [0.2, 0.25) is 5.91 Å². The summed E-state index contributed by atoms with van der Waals surface area (Å²) in [7, 11) is 0. The zero-order valence-electron chi connectivity index (χ0n) is 15.6. The average Bonchev–Trinajstić information content (AvgIpc) is 3.32. The Morgan fingerprint density at radius 2 is 2.11 bits per heavy atom. The number of carbonyl (C=O) groups excluding carboxylic acids is 2. The Balaban J connectivity index is 1.44. The third-order valence-electron chi connectivity index (χ3n) is 6.08. The quantitative estimate of drug-likeness (QED) is 0.860. The molecule has 1 spiro atoms. The first kappa shape index (κ1) is 17.4. The van der Waals surface area contributed by atoms with Gasteiger partial charge in [-0.25, -0.2) is 9.37 Å². The lowest BCUT2D eigenvalue weighted by atomic mass is 10.0. The van der Waals surface area contributed by atoms with Gasteiger partial charge < -0.3 is 19.5 Å². The molecule has 3 aliphatic rings. The summed E-state index contributed by atoms with van der Waals surface area (Å²) in [6, 6.07) is 5.68. The van der Waals surface area contributed by atoms with E-state index < -0.39 is 5.72 Å². The number of imidazole rings is 1. The number of nitrogens with one attached hydrogen (secondary N) is 1. The van der Waals surface area contributed by atoms with Gasteiger partial charge in [-0.1, -0.05) is 0 Å². The van der Waals surface area contributed by atoms with Crippen LogP contribution < -0.4 is 0 Å². The summed E-state index contributed by atoms with van der Waals surface area (Å²) in [5.41, 5.74) is 1.02. The molecular weight excluding hydrogens is 363 g/mol. The molecule has 7 nitrogen and oxygen atoms in total. The van der Waals surface area contributed by atoms with Crippen LogP contribution in [0, 0.1) is 12.7 Å². The summed E-state index contributed by atoms with van der Waals surface area (Å²) in [6.45, 7) is 3.62. The van der Waals surface area contributed by atoms with Crippen molar-refractivity contribution in [2.75, 3.05) is 19.7 Å². The number of likely N-dealkylation sites (tertiary alicyclic amines) is 1. The summed E-state index contributed by atoms with van der Waals surface area (Å²) in [4.78, 5) is 36.9. The number of aromatic nitrogens is 2. The van der Waals surface area contributed by atoms with Crippen molar-refractivity contribution in [2.45, 2.75) is 38.0 Å². The lowest BCUT2D eigenvalue weighted by Gasteiger charge is -2.42. The van der Waals surface area contributed by atoms with Crippen molar-refractivity contribution in [2.24, 2.45) is 0 Å². The summed E-state index contributed by atoms with van der Waals surface area (Å²) in [6.07, 6.45) is 1.75. The standard InChI is InChI=1S/C20H21FN4O3/c1-12-17(23-18(22-12)13-3-5-14(21)6-4-13)19(27)24-9-7-20-15(24)11-16(26)25(20)8-2-10-28-20/h3-6,15H,2,7-11H2,1H3,(H,22,23)/t15-,20+/m1/s1. The smallest absolute Gasteiger partial charge is 0.274 e. The van der Waals surface area contributed by atoms with E-state index in [1.54, 1.807) is 24.0 Å². The van der Waals surface area contributed by atoms with Crippen molar-refractivity contribution in [1.29, 1.82) is 0 Å². The van der Waals surface area contributed by atoms with Gasteiger partial charge in [-0.2, -0.15) is 0 Å². The van der Waals surface area contributed by atoms with Gasteiger partial charge in [-0.15, -0.1) is 0 Å². The lowest BCUT2D eigenvalue weighted by molar-refractivity contribution is -0.179. The number of ether oxygens (including phenoxy) is 1. The minimum absolute atomic E-state index is 0.0490. The van der Waals surface area contributed by atoms with Gasteiger partial charge in [0, 0.05) is 30.8 Å². The SMILES string of the molecule is Cc1[nH]c(-c2ccc(F)cc2)nc1C(=O)N1CC[C@@]23OCCCN2C(=O)C[C@@H]13. The number of rotatable bonds is 2. The highest BCUT2D eigenvalue weighted by Gasteiger charge is 2.61. The fraction of sp³-hybridized carbons (Fsp3) is 0.450. The monoisotopic (exact) mass is 384 g/mol. The van der Waals surface area contributed by atoms with Crippen molar-refractivity contribution in [3.8, 4) is 11.4 Å². The molecule has 3 fully saturated rings. The molecule has 1 aromatic heterocycles. The maximum absolute atomic E-state index is 13.3. The molecular formula is C20H21FN4O3. The van der Waals surface area contributed by atoms with E-state index in [1.165, 1.54) is 12.1 Å². The van der Waals surface area contributed by atoms with E-state index >= 15 is 0 Å². The lowest BCUT2D eigenvalue weighted by Crippen LogP contribution is -2.56. The average molecular weight is 384 g/mol. The van der Waals surface area contributed by atoms with Gasteiger partial charge in [-0.3, -0.25) is 9.59 Å². The number of hydrogen-bond acceptors (Lipinski definition) is 4. The zero-order chi connectivity index (χ0) is 19.5. The molecule has 146 valence electrons. The molecule has 1 N–H and O–H groups in total. The highest BCUT2D eigenvalue weighted by molar-refractivity contribution is 5.95. The van der Waals surface area contributed by atoms with E-state index in [-0.39, 0.29) is 23.7 Å². The second-order valence-corrected chi connectivity index (χ2v) is 7.63. The van der Waals surface area contributed by atoms with Gasteiger partial charge in [0.25, 0.3) is 5.91 Å². The van der Waals surface area contributed by atoms with Crippen molar-refractivity contribution >= 4 is 11.8 Å². The molecule has 2 aromatic rings. The molecule has 0 radical (unpaired) electrons. The topological polar surface area (TPSA) is 78.5 Å². The maximum atomic E-state index is 13.3. The first-order valence-electron chi connectivity index (χ1n) is 9.57. The van der Waals surface area contributed by atoms with Gasteiger partial charge in [0.05, 0.1) is 19.1 Å².